The van der Waals surface area contributed by atoms with Crippen molar-refractivity contribution in [3.8, 4) is 0 Å². The van der Waals surface area contributed by atoms with E-state index in [1.807, 2.05) is 0 Å². The SMILES string of the molecule is O=P1(NC[C@H]2CCCO2)OCC2(CO1)COP(=O)(NC[C@H]1CCCO1)OC2. The second-order valence-corrected chi connectivity index (χ2v) is 11.2. The third-order valence-corrected chi connectivity index (χ3v) is 8.25. The number of nitrogens with one attached hydrogen (secondary N) is 2. The summed E-state index contributed by atoms with van der Waals surface area (Å²) in [6.07, 6.45) is 3.98. The summed E-state index contributed by atoms with van der Waals surface area (Å²) in [4.78, 5) is 0. The summed E-state index contributed by atoms with van der Waals surface area (Å²) in [5, 5.41) is 5.71. The molecular formula is C15H28N2O8P2. The van der Waals surface area contributed by atoms with Crippen LogP contribution in [0.3, 0.4) is 0 Å². The van der Waals surface area contributed by atoms with E-state index in [1.54, 1.807) is 0 Å². The van der Waals surface area contributed by atoms with Crippen molar-refractivity contribution in [1.29, 1.82) is 0 Å². The Morgan fingerprint density at radius 3 is 1.48 bits per heavy atom. The monoisotopic (exact) mass is 426 g/mol. The highest BCUT2D eigenvalue weighted by molar-refractivity contribution is 7.52. The maximum Gasteiger partial charge on any atom is 0.405 e. The molecule has 0 unspecified atom stereocenters. The van der Waals surface area contributed by atoms with Gasteiger partial charge in [0.25, 0.3) is 0 Å². The van der Waals surface area contributed by atoms with E-state index in [4.69, 9.17) is 27.6 Å². The van der Waals surface area contributed by atoms with E-state index < -0.39 is 20.9 Å². The Hall–Kier alpha value is 0.140. The molecule has 27 heavy (non-hydrogen) atoms. The molecule has 0 bridgehead atoms. The van der Waals surface area contributed by atoms with Crippen molar-refractivity contribution in [2.24, 2.45) is 5.41 Å². The summed E-state index contributed by atoms with van der Waals surface area (Å²) in [6.45, 7) is 2.92. The maximum atomic E-state index is 12.6. The Bertz CT molecular complexity index is 529. The lowest BCUT2D eigenvalue weighted by Gasteiger charge is -2.42. The van der Waals surface area contributed by atoms with Crippen LogP contribution >= 0.6 is 15.5 Å². The molecule has 0 aliphatic carbocycles. The van der Waals surface area contributed by atoms with Gasteiger partial charge in [0.2, 0.25) is 0 Å². The molecular weight excluding hydrogens is 398 g/mol. The average Bonchev–Trinajstić information content (AvgIpc) is 3.38. The van der Waals surface area contributed by atoms with Crippen LogP contribution in [0.1, 0.15) is 25.7 Å². The van der Waals surface area contributed by atoms with E-state index >= 15 is 0 Å². The molecule has 4 fully saturated rings. The van der Waals surface area contributed by atoms with Gasteiger partial charge in [-0.3, -0.25) is 18.1 Å². The van der Waals surface area contributed by atoms with Crippen molar-refractivity contribution in [1.82, 2.24) is 10.2 Å². The van der Waals surface area contributed by atoms with Gasteiger partial charge in [-0.1, -0.05) is 0 Å². The highest BCUT2D eigenvalue weighted by Crippen LogP contribution is 2.56. The summed E-state index contributed by atoms with van der Waals surface area (Å²) < 4.78 is 58.3. The zero-order chi connectivity index (χ0) is 18.8. The summed E-state index contributed by atoms with van der Waals surface area (Å²) in [5.41, 5.74) is -0.612. The molecule has 0 saturated carbocycles. The first-order chi connectivity index (χ1) is 13.0. The molecule has 0 aromatic heterocycles. The lowest BCUT2D eigenvalue weighted by Crippen LogP contribution is -2.48. The third kappa shape index (κ3) is 5.20. The van der Waals surface area contributed by atoms with Crippen molar-refractivity contribution in [3.63, 3.8) is 0 Å². The molecule has 0 amide bonds. The normalized spacial score (nSPS) is 45.5. The third-order valence-electron chi connectivity index (χ3n) is 5.24. The summed E-state index contributed by atoms with van der Waals surface area (Å²) >= 11 is 0. The van der Waals surface area contributed by atoms with Gasteiger partial charge in [0.15, 0.2) is 0 Å². The molecule has 12 heteroatoms. The van der Waals surface area contributed by atoms with Gasteiger partial charge in [-0.05, 0) is 25.7 Å². The van der Waals surface area contributed by atoms with Crippen LogP contribution in [-0.2, 0) is 36.7 Å². The van der Waals surface area contributed by atoms with Gasteiger partial charge in [0.05, 0.1) is 44.1 Å². The summed E-state index contributed by atoms with van der Waals surface area (Å²) in [5.74, 6) is 0. The molecule has 1 spiro atoms. The van der Waals surface area contributed by atoms with Crippen LogP contribution in [0.4, 0.5) is 0 Å². The fourth-order valence-corrected chi connectivity index (χ4v) is 6.58. The number of ether oxygens (including phenoxy) is 2. The van der Waals surface area contributed by atoms with Gasteiger partial charge >= 0.3 is 15.5 Å². The standard InChI is InChI=1S/C15H28N2O8P2/c18-26(16-7-13-3-1-5-20-13)22-9-15(10-23-26)11-24-27(19,25-12-15)17-8-14-4-2-6-21-14/h13-14H,1-12H2,(H,16,18)(H,17,19)/t13-,14-,15?,26?,27?/m1/s1. The number of hydrogen-bond acceptors (Lipinski definition) is 8. The lowest BCUT2D eigenvalue weighted by molar-refractivity contribution is -0.0725. The van der Waals surface area contributed by atoms with Crippen LogP contribution in [0.2, 0.25) is 0 Å². The lowest BCUT2D eigenvalue weighted by atomic mass is 9.93. The van der Waals surface area contributed by atoms with Crippen molar-refractivity contribution in [2.75, 3.05) is 52.7 Å². The molecule has 4 saturated heterocycles. The fraction of sp³-hybridized carbons (Fsp3) is 1.00. The van der Waals surface area contributed by atoms with Gasteiger partial charge in [-0.25, -0.2) is 19.3 Å². The van der Waals surface area contributed by atoms with Crippen molar-refractivity contribution in [2.45, 2.75) is 37.9 Å². The van der Waals surface area contributed by atoms with E-state index in [0.29, 0.717) is 13.1 Å². The quantitative estimate of drug-likeness (QED) is 0.610. The van der Waals surface area contributed by atoms with Gasteiger partial charge in [0.1, 0.15) is 0 Å². The Morgan fingerprint density at radius 1 is 0.741 bits per heavy atom. The molecule has 4 aliphatic heterocycles. The Labute approximate surface area is 159 Å². The topological polar surface area (TPSA) is 114 Å². The van der Waals surface area contributed by atoms with Crippen molar-refractivity contribution in [3.05, 3.63) is 0 Å². The van der Waals surface area contributed by atoms with Gasteiger partial charge in [-0.15, -0.1) is 0 Å². The predicted molar refractivity (Wildman–Crippen MR) is 95.4 cm³/mol. The second kappa shape index (κ2) is 8.48. The molecule has 0 radical (unpaired) electrons. The maximum absolute atomic E-state index is 12.6. The molecule has 0 aromatic carbocycles. The molecule has 4 heterocycles. The highest BCUT2D eigenvalue weighted by atomic mass is 31.2. The predicted octanol–water partition coefficient (Wildman–Crippen LogP) is 1.82. The van der Waals surface area contributed by atoms with Crippen molar-refractivity contribution < 1.29 is 36.7 Å². The number of rotatable bonds is 6. The van der Waals surface area contributed by atoms with E-state index in [-0.39, 0.29) is 38.6 Å². The van der Waals surface area contributed by atoms with Gasteiger partial charge < -0.3 is 9.47 Å². The molecule has 2 N–H and O–H groups in total. The minimum Gasteiger partial charge on any atom is -0.377 e. The zero-order valence-corrected chi connectivity index (χ0v) is 17.1. The Morgan fingerprint density at radius 2 is 1.15 bits per heavy atom. The molecule has 4 aliphatic rings. The van der Waals surface area contributed by atoms with Crippen LogP contribution in [0.25, 0.3) is 0 Å². The van der Waals surface area contributed by atoms with Crippen LogP contribution < -0.4 is 10.2 Å². The van der Waals surface area contributed by atoms with E-state index in [9.17, 15) is 9.13 Å². The first-order valence-electron chi connectivity index (χ1n) is 9.50. The Balaban J connectivity index is 1.22. The molecule has 2 atom stereocenters. The zero-order valence-electron chi connectivity index (χ0n) is 15.3. The first-order valence-corrected chi connectivity index (χ1v) is 12.6. The van der Waals surface area contributed by atoms with E-state index in [1.165, 1.54) is 0 Å². The summed E-state index contributed by atoms with van der Waals surface area (Å²) in [6, 6.07) is 0. The van der Waals surface area contributed by atoms with Crippen LogP contribution in [0.15, 0.2) is 0 Å². The summed E-state index contributed by atoms with van der Waals surface area (Å²) in [7, 11) is -6.72. The average molecular weight is 426 g/mol. The molecule has 10 nitrogen and oxygen atoms in total. The fourth-order valence-electron chi connectivity index (χ4n) is 3.43. The van der Waals surface area contributed by atoms with Crippen LogP contribution in [0, 0.1) is 5.41 Å². The number of hydrogen-bond donors (Lipinski definition) is 2. The van der Waals surface area contributed by atoms with E-state index in [0.717, 1.165) is 38.9 Å². The second-order valence-electron chi connectivity index (χ2n) is 7.58. The smallest absolute Gasteiger partial charge is 0.377 e. The molecule has 0 aromatic rings. The van der Waals surface area contributed by atoms with Crippen molar-refractivity contribution >= 4 is 15.5 Å². The van der Waals surface area contributed by atoms with Crippen LogP contribution in [-0.4, -0.2) is 64.9 Å². The molecule has 4 rings (SSSR count). The highest BCUT2D eigenvalue weighted by Gasteiger charge is 2.49. The first kappa shape index (κ1) is 20.4. The van der Waals surface area contributed by atoms with Gasteiger partial charge in [0, 0.05) is 26.3 Å². The molecule has 156 valence electrons. The van der Waals surface area contributed by atoms with Gasteiger partial charge in [-0.2, -0.15) is 0 Å². The van der Waals surface area contributed by atoms with Crippen LogP contribution in [0.5, 0.6) is 0 Å². The largest absolute Gasteiger partial charge is 0.405 e. The van der Waals surface area contributed by atoms with E-state index in [2.05, 4.69) is 10.2 Å². The minimum absolute atomic E-state index is 0.0426. The minimum atomic E-state index is -3.36. The Kier molecular flexibility index (Phi) is 6.41.